The first-order chi connectivity index (χ1) is 6.16. The predicted octanol–water partition coefficient (Wildman–Crippen LogP) is 1.63. The number of nitrogens with one attached hydrogen (secondary N) is 1. The zero-order chi connectivity index (χ0) is 9.84. The van der Waals surface area contributed by atoms with Crippen molar-refractivity contribution in [1.29, 1.82) is 0 Å². The maximum atomic E-state index is 11.1. The van der Waals surface area contributed by atoms with Gasteiger partial charge in [-0.1, -0.05) is 12.1 Å². The molecule has 0 bridgehead atoms. The maximum absolute atomic E-state index is 11.1. The van der Waals surface area contributed by atoms with Crippen LogP contribution in [0.25, 0.3) is 0 Å². The van der Waals surface area contributed by atoms with Crippen LogP contribution in [0.2, 0.25) is 0 Å². The molecule has 0 fully saturated rings. The number of halogens is 1. The number of nitro benzene ring substituents is 1. The number of para-hydroxylation sites is 1. The summed E-state index contributed by atoms with van der Waals surface area (Å²) >= 11 is 2.71. The normalized spacial score (nSPS) is 9.31. The topological polar surface area (TPSA) is 72.2 Å². The van der Waals surface area contributed by atoms with Gasteiger partial charge in [-0.25, -0.2) is 0 Å². The van der Waals surface area contributed by atoms with Crippen LogP contribution in [0.1, 0.15) is 10.4 Å². The SMILES string of the molecule is O=C(NBr)c1ccccc1[N+](=O)[O-]. The molecule has 5 nitrogen and oxygen atoms in total. The van der Waals surface area contributed by atoms with Gasteiger partial charge >= 0.3 is 0 Å². The van der Waals surface area contributed by atoms with Crippen LogP contribution in [0.15, 0.2) is 24.3 Å². The number of carbonyl (C=O) groups is 1. The highest BCUT2D eigenvalue weighted by atomic mass is 79.9. The van der Waals surface area contributed by atoms with Gasteiger partial charge in [0, 0.05) is 22.2 Å². The van der Waals surface area contributed by atoms with Gasteiger partial charge in [-0.05, 0) is 6.07 Å². The van der Waals surface area contributed by atoms with Crippen molar-refractivity contribution in [3.8, 4) is 0 Å². The lowest BCUT2D eigenvalue weighted by molar-refractivity contribution is -0.385. The lowest BCUT2D eigenvalue weighted by Crippen LogP contribution is -2.13. The fraction of sp³-hybridized carbons (Fsp3) is 0. The highest BCUT2D eigenvalue weighted by Crippen LogP contribution is 2.17. The van der Waals surface area contributed by atoms with E-state index in [1.807, 2.05) is 0 Å². The molecule has 0 aromatic heterocycles. The first-order valence-electron chi connectivity index (χ1n) is 3.31. The first-order valence-corrected chi connectivity index (χ1v) is 4.10. The number of carbonyl (C=O) groups excluding carboxylic acids is 1. The molecular weight excluding hydrogens is 240 g/mol. The molecule has 13 heavy (non-hydrogen) atoms. The van der Waals surface area contributed by atoms with Gasteiger partial charge in [-0.3, -0.25) is 19.3 Å². The van der Waals surface area contributed by atoms with Gasteiger partial charge in [0.1, 0.15) is 5.56 Å². The Kier molecular flexibility index (Phi) is 2.97. The van der Waals surface area contributed by atoms with E-state index in [0.717, 1.165) is 0 Å². The molecule has 68 valence electrons. The summed E-state index contributed by atoms with van der Waals surface area (Å²) in [5, 5.41) is 10.5. The third-order valence-electron chi connectivity index (χ3n) is 1.43. The molecule has 0 aliphatic rings. The van der Waals surface area contributed by atoms with E-state index in [0.29, 0.717) is 0 Å². The van der Waals surface area contributed by atoms with Crippen LogP contribution < -0.4 is 4.34 Å². The number of nitro groups is 1. The van der Waals surface area contributed by atoms with E-state index in [-0.39, 0.29) is 11.3 Å². The van der Waals surface area contributed by atoms with E-state index in [1.165, 1.54) is 18.2 Å². The van der Waals surface area contributed by atoms with Gasteiger partial charge in [-0.15, -0.1) is 0 Å². The summed E-state index contributed by atoms with van der Waals surface area (Å²) in [6.45, 7) is 0. The molecule has 0 aliphatic carbocycles. The number of rotatable bonds is 2. The maximum Gasteiger partial charge on any atom is 0.282 e. The van der Waals surface area contributed by atoms with E-state index in [4.69, 9.17) is 0 Å². The molecule has 6 heteroatoms. The number of nitrogens with zero attached hydrogens (tertiary/aromatic N) is 1. The lowest BCUT2D eigenvalue weighted by Gasteiger charge is -1.98. The minimum Gasteiger partial charge on any atom is -0.288 e. The van der Waals surface area contributed by atoms with Gasteiger partial charge in [0.15, 0.2) is 0 Å². The van der Waals surface area contributed by atoms with Gasteiger partial charge in [0.2, 0.25) is 0 Å². The van der Waals surface area contributed by atoms with Crippen molar-refractivity contribution in [3.05, 3.63) is 39.9 Å². The summed E-state index contributed by atoms with van der Waals surface area (Å²) < 4.78 is 2.15. The number of hydrogen-bond acceptors (Lipinski definition) is 3. The van der Waals surface area contributed by atoms with Crippen LogP contribution in [-0.4, -0.2) is 10.8 Å². The van der Waals surface area contributed by atoms with Crippen LogP contribution in [0, 0.1) is 10.1 Å². The molecule has 0 radical (unpaired) electrons. The van der Waals surface area contributed by atoms with Crippen molar-refractivity contribution in [1.82, 2.24) is 4.34 Å². The Morgan fingerprint density at radius 3 is 2.62 bits per heavy atom. The van der Waals surface area contributed by atoms with Gasteiger partial charge in [0.25, 0.3) is 11.6 Å². The third-order valence-corrected chi connectivity index (χ3v) is 1.79. The van der Waals surface area contributed by atoms with E-state index in [1.54, 1.807) is 6.07 Å². The number of benzene rings is 1. The highest BCUT2D eigenvalue weighted by Gasteiger charge is 2.17. The van der Waals surface area contributed by atoms with Gasteiger partial charge in [-0.2, -0.15) is 0 Å². The van der Waals surface area contributed by atoms with Crippen molar-refractivity contribution in [2.24, 2.45) is 0 Å². The van der Waals surface area contributed by atoms with Crippen LogP contribution in [-0.2, 0) is 0 Å². The predicted molar refractivity (Wildman–Crippen MR) is 49.5 cm³/mol. The Morgan fingerprint density at radius 1 is 1.46 bits per heavy atom. The molecule has 1 amide bonds. The molecule has 0 spiro atoms. The highest BCUT2D eigenvalue weighted by molar-refractivity contribution is 9.08. The molecule has 0 aliphatic heterocycles. The van der Waals surface area contributed by atoms with Crippen LogP contribution >= 0.6 is 16.1 Å². The molecule has 0 atom stereocenters. The molecule has 0 saturated heterocycles. The second-order valence-corrected chi connectivity index (χ2v) is 2.59. The minimum atomic E-state index is -0.600. The molecule has 1 aromatic rings. The van der Waals surface area contributed by atoms with Crippen LogP contribution in [0.4, 0.5) is 5.69 Å². The molecule has 1 rings (SSSR count). The first kappa shape index (κ1) is 9.66. The summed E-state index contributed by atoms with van der Waals surface area (Å²) in [4.78, 5) is 20.9. The fourth-order valence-electron chi connectivity index (χ4n) is 0.876. The molecule has 0 heterocycles. The average Bonchev–Trinajstić information content (AvgIpc) is 2.16. The van der Waals surface area contributed by atoms with Crippen molar-refractivity contribution in [2.75, 3.05) is 0 Å². The summed E-state index contributed by atoms with van der Waals surface area (Å²) in [5.74, 6) is -0.535. The molecule has 0 saturated carbocycles. The second kappa shape index (κ2) is 3.99. The summed E-state index contributed by atoms with van der Waals surface area (Å²) in [5.41, 5.74) is -0.177. The van der Waals surface area contributed by atoms with Gasteiger partial charge in [0.05, 0.1) is 4.92 Å². The summed E-state index contributed by atoms with van der Waals surface area (Å²) in [7, 11) is 0. The molecule has 1 aromatic carbocycles. The average molecular weight is 245 g/mol. The van der Waals surface area contributed by atoms with Crippen LogP contribution in [0.5, 0.6) is 0 Å². The smallest absolute Gasteiger partial charge is 0.282 e. The minimum absolute atomic E-state index is 0.0318. The fourth-order valence-corrected chi connectivity index (χ4v) is 1.09. The van der Waals surface area contributed by atoms with E-state index in [9.17, 15) is 14.9 Å². The van der Waals surface area contributed by atoms with Crippen LogP contribution in [0.3, 0.4) is 0 Å². The van der Waals surface area contributed by atoms with E-state index >= 15 is 0 Å². The number of hydrogen-bond donors (Lipinski definition) is 1. The Morgan fingerprint density at radius 2 is 2.08 bits per heavy atom. The van der Waals surface area contributed by atoms with E-state index < -0.39 is 10.8 Å². The lowest BCUT2D eigenvalue weighted by atomic mass is 10.2. The van der Waals surface area contributed by atoms with Crippen molar-refractivity contribution in [3.63, 3.8) is 0 Å². The van der Waals surface area contributed by atoms with Gasteiger partial charge < -0.3 is 0 Å². The second-order valence-electron chi connectivity index (χ2n) is 2.20. The monoisotopic (exact) mass is 244 g/mol. The Bertz CT molecular complexity index is 353. The standard InChI is InChI=1S/C7H5BrN2O3/c8-9-7(11)5-3-1-2-4-6(5)10(12)13/h1-4H,(H,9,11). The van der Waals surface area contributed by atoms with E-state index in [2.05, 4.69) is 20.5 Å². The Hall–Kier alpha value is -1.43. The van der Waals surface area contributed by atoms with Crippen molar-refractivity contribution in [2.45, 2.75) is 0 Å². The quantitative estimate of drug-likeness (QED) is 0.489. The van der Waals surface area contributed by atoms with Crippen molar-refractivity contribution >= 4 is 27.7 Å². The molecule has 0 unspecified atom stereocenters. The Labute approximate surface area is 82.2 Å². The largest absolute Gasteiger partial charge is 0.288 e. The summed E-state index contributed by atoms with van der Waals surface area (Å²) in [6, 6.07) is 5.72. The third kappa shape index (κ3) is 2.03. The number of amides is 1. The summed E-state index contributed by atoms with van der Waals surface area (Å²) in [6.07, 6.45) is 0. The molecular formula is C7H5BrN2O3. The molecule has 1 N–H and O–H groups in total. The zero-order valence-electron chi connectivity index (χ0n) is 6.36. The Balaban J connectivity index is 3.19. The zero-order valence-corrected chi connectivity index (χ0v) is 7.95. The van der Waals surface area contributed by atoms with Crippen molar-refractivity contribution < 1.29 is 9.72 Å².